The first-order valence-corrected chi connectivity index (χ1v) is 6.93. The first-order chi connectivity index (χ1) is 10.7. The average molecular weight is 318 g/mol. The molecule has 0 aliphatic carbocycles. The fourth-order valence-electron chi connectivity index (χ4n) is 1.98. The van der Waals surface area contributed by atoms with E-state index in [1.807, 2.05) is 48.5 Å². The lowest BCUT2D eigenvalue weighted by Gasteiger charge is -2.08. The summed E-state index contributed by atoms with van der Waals surface area (Å²) >= 11 is 6.46. The molecular weight excluding hydrogens is 302 g/mol. The quantitative estimate of drug-likeness (QED) is 0.388. The normalized spacial score (nSPS) is 12.1. The summed E-state index contributed by atoms with van der Waals surface area (Å²) in [6, 6.07) is 14.7. The molecule has 0 aliphatic rings. The van der Waals surface area contributed by atoms with E-state index in [0.29, 0.717) is 10.6 Å². The molecule has 5 heteroatoms. The van der Waals surface area contributed by atoms with Crippen LogP contribution in [0, 0.1) is 0 Å². The summed E-state index contributed by atoms with van der Waals surface area (Å²) in [7, 11) is 3.21. The zero-order valence-electron chi connectivity index (χ0n) is 12.3. The van der Waals surface area contributed by atoms with Crippen LogP contribution in [0.4, 0.5) is 0 Å². The highest BCUT2D eigenvalue weighted by atomic mass is 35.5. The minimum Gasteiger partial charge on any atom is -0.497 e. The smallest absolute Gasteiger partial charge is 0.118 e. The Morgan fingerprint density at radius 1 is 0.909 bits per heavy atom. The van der Waals surface area contributed by atoms with Gasteiger partial charge in [-0.25, -0.2) is 0 Å². The molecular formula is C17H16ClNO3. The number of hydrogen-bond acceptors (Lipinski definition) is 4. The van der Waals surface area contributed by atoms with E-state index in [2.05, 4.69) is 5.16 Å². The fourth-order valence-corrected chi connectivity index (χ4v) is 2.26. The highest BCUT2D eigenvalue weighted by molar-refractivity contribution is 6.56. The van der Waals surface area contributed by atoms with E-state index < -0.39 is 0 Å². The first kappa shape index (κ1) is 15.9. The standard InChI is InChI=1S/C17H16ClNO3/c1-21-14-7-3-12(4-8-14)16(11-19-20)17(18)13-5-9-15(22-2)10-6-13/h3-11,20H,1-2H3. The predicted octanol–water partition coefficient (Wildman–Crippen LogP) is 4.27. The molecule has 1 N–H and O–H groups in total. The summed E-state index contributed by atoms with van der Waals surface area (Å²) in [5.41, 5.74) is 2.23. The van der Waals surface area contributed by atoms with Gasteiger partial charge in [0.2, 0.25) is 0 Å². The average Bonchev–Trinajstić information content (AvgIpc) is 2.59. The van der Waals surface area contributed by atoms with E-state index in [1.165, 1.54) is 6.21 Å². The van der Waals surface area contributed by atoms with Gasteiger partial charge in [0, 0.05) is 5.57 Å². The molecule has 22 heavy (non-hydrogen) atoms. The van der Waals surface area contributed by atoms with Crippen molar-refractivity contribution in [2.24, 2.45) is 5.16 Å². The largest absolute Gasteiger partial charge is 0.497 e. The first-order valence-electron chi connectivity index (χ1n) is 6.55. The van der Waals surface area contributed by atoms with Crippen LogP contribution >= 0.6 is 11.6 Å². The molecule has 0 saturated heterocycles. The van der Waals surface area contributed by atoms with E-state index >= 15 is 0 Å². The van der Waals surface area contributed by atoms with Gasteiger partial charge in [-0.3, -0.25) is 0 Å². The van der Waals surface area contributed by atoms with Gasteiger partial charge in [-0.15, -0.1) is 0 Å². The molecule has 0 fully saturated rings. The van der Waals surface area contributed by atoms with Crippen molar-refractivity contribution in [1.82, 2.24) is 0 Å². The third-order valence-corrected chi connectivity index (χ3v) is 3.59. The molecule has 0 spiro atoms. The molecule has 0 amide bonds. The second-order valence-electron chi connectivity index (χ2n) is 4.43. The van der Waals surface area contributed by atoms with Crippen molar-refractivity contribution in [3.63, 3.8) is 0 Å². The van der Waals surface area contributed by atoms with Gasteiger partial charge in [0.05, 0.1) is 25.5 Å². The zero-order valence-corrected chi connectivity index (χ0v) is 13.0. The Bertz CT molecular complexity index is 676. The topological polar surface area (TPSA) is 51.0 Å². The Balaban J connectivity index is 2.46. The Hall–Kier alpha value is -2.46. The number of nitrogens with zero attached hydrogens (tertiary/aromatic N) is 1. The van der Waals surface area contributed by atoms with Crippen LogP contribution in [0.1, 0.15) is 11.1 Å². The second kappa shape index (κ2) is 7.52. The monoisotopic (exact) mass is 317 g/mol. The van der Waals surface area contributed by atoms with Crippen molar-refractivity contribution in [2.45, 2.75) is 0 Å². The number of methoxy groups -OCH3 is 2. The maximum absolute atomic E-state index is 8.91. The molecule has 0 bridgehead atoms. The van der Waals surface area contributed by atoms with E-state index in [9.17, 15) is 0 Å². The third-order valence-electron chi connectivity index (χ3n) is 3.17. The Morgan fingerprint density at radius 2 is 1.36 bits per heavy atom. The fraction of sp³-hybridized carbons (Fsp3) is 0.118. The number of ether oxygens (including phenoxy) is 2. The van der Waals surface area contributed by atoms with Crippen LogP contribution in [0.2, 0.25) is 0 Å². The summed E-state index contributed by atoms with van der Waals surface area (Å²) in [5, 5.41) is 12.5. The Kier molecular flexibility index (Phi) is 5.44. The number of rotatable bonds is 5. The molecule has 0 radical (unpaired) electrons. The molecule has 114 valence electrons. The van der Waals surface area contributed by atoms with Crippen LogP contribution in [-0.2, 0) is 0 Å². The van der Waals surface area contributed by atoms with Crippen LogP contribution in [-0.4, -0.2) is 25.6 Å². The van der Waals surface area contributed by atoms with Crippen LogP contribution in [0.15, 0.2) is 53.7 Å². The van der Waals surface area contributed by atoms with E-state index in [-0.39, 0.29) is 0 Å². The van der Waals surface area contributed by atoms with Crippen molar-refractivity contribution < 1.29 is 14.7 Å². The van der Waals surface area contributed by atoms with Gasteiger partial charge >= 0.3 is 0 Å². The van der Waals surface area contributed by atoms with Crippen LogP contribution in [0.5, 0.6) is 11.5 Å². The minimum atomic E-state index is 0.477. The Labute approximate surface area is 134 Å². The van der Waals surface area contributed by atoms with Gasteiger partial charge < -0.3 is 14.7 Å². The summed E-state index contributed by atoms with van der Waals surface area (Å²) in [4.78, 5) is 0. The van der Waals surface area contributed by atoms with Gasteiger partial charge in [-0.05, 0) is 47.5 Å². The molecule has 0 atom stereocenters. The van der Waals surface area contributed by atoms with Gasteiger partial charge in [-0.2, -0.15) is 0 Å². The Morgan fingerprint density at radius 3 is 1.77 bits per heavy atom. The molecule has 0 aromatic heterocycles. The van der Waals surface area contributed by atoms with E-state index in [1.54, 1.807) is 14.2 Å². The van der Waals surface area contributed by atoms with Crippen LogP contribution < -0.4 is 9.47 Å². The van der Waals surface area contributed by atoms with Gasteiger partial charge in [-0.1, -0.05) is 28.9 Å². The maximum Gasteiger partial charge on any atom is 0.118 e. The molecule has 2 rings (SSSR count). The molecule has 0 heterocycles. The highest BCUT2D eigenvalue weighted by Crippen LogP contribution is 2.30. The SMILES string of the molecule is COc1ccc(C(Cl)=C(C=NO)c2ccc(OC)cc2)cc1. The summed E-state index contributed by atoms with van der Waals surface area (Å²) < 4.78 is 10.3. The molecule has 0 aliphatic heterocycles. The molecule has 2 aromatic rings. The lowest BCUT2D eigenvalue weighted by atomic mass is 10.0. The van der Waals surface area contributed by atoms with Crippen molar-refractivity contribution in [2.75, 3.05) is 14.2 Å². The third kappa shape index (κ3) is 3.59. The second-order valence-corrected chi connectivity index (χ2v) is 4.81. The molecule has 2 aromatic carbocycles. The van der Waals surface area contributed by atoms with Crippen LogP contribution in [0.25, 0.3) is 10.6 Å². The van der Waals surface area contributed by atoms with Crippen molar-refractivity contribution >= 4 is 28.4 Å². The van der Waals surface area contributed by atoms with Crippen molar-refractivity contribution in [3.8, 4) is 11.5 Å². The predicted molar refractivity (Wildman–Crippen MR) is 88.9 cm³/mol. The minimum absolute atomic E-state index is 0.477. The van der Waals surface area contributed by atoms with E-state index in [0.717, 1.165) is 22.6 Å². The summed E-state index contributed by atoms with van der Waals surface area (Å²) in [6.45, 7) is 0. The summed E-state index contributed by atoms with van der Waals surface area (Å²) in [6.07, 6.45) is 1.31. The number of oxime groups is 1. The summed E-state index contributed by atoms with van der Waals surface area (Å²) in [5.74, 6) is 1.49. The lowest BCUT2D eigenvalue weighted by Crippen LogP contribution is -1.92. The molecule has 0 saturated carbocycles. The zero-order chi connectivity index (χ0) is 15.9. The molecule has 4 nitrogen and oxygen atoms in total. The highest BCUT2D eigenvalue weighted by Gasteiger charge is 2.09. The maximum atomic E-state index is 8.91. The van der Waals surface area contributed by atoms with Crippen LogP contribution in [0.3, 0.4) is 0 Å². The van der Waals surface area contributed by atoms with Gasteiger partial charge in [0.15, 0.2) is 0 Å². The number of allylic oxidation sites excluding steroid dienone is 1. The lowest BCUT2D eigenvalue weighted by molar-refractivity contribution is 0.322. The van der Waals surface area contributed by atoms with Gasteiger partial charge in [0.25, 0.3) is 0 Å². The van der Waals surface area contributed by atoms with Crippen molar-refractivity contribution in [1.29, 1.82) is 0 Å². The number of benzene rings is 2. The van der Waals surface area contributed by atoms with E-state index in [4.69, 9.17) is 26.3 Å². The van der Waals surface area contributed by atoms with Crippen molar-refractivity contribution in [3.05, 3.63) is 59.7 Å². The van der Waals surface area contributed by atoms with Gasteiger partial charge in [0.1, 0.15) is 11.5 Å². The molecule has 0 unspecified atom stereocenters. The number of halogens is 1. The number of hydrogen-bond donors (Lipinski definition) is 1.